The van der Waals surface area contributed by atoms with Crippen LogP contribution in [0.2, 0.25) is 0 Å². The third-order valence-corrected chi connectivity index (χ3v) is 4.32. The van der Waals surface area contributed by atoms with Gasteiger partial charge < -0.3 is 14.7 Å². The predicted molar refractivity (Wildman–Crippen MR) is 78.2 cm³/mol. The van der Waals surface area contributed by atoms with Gasteiger partial charge in [0.15, 0.2) is 0 Å². The lowest BCUT2D eigenvalue weighted by Gasteiger charge is -2.45. The summed E-state index contributed by atoms with van der Waals surface area (Å²) in [5, 5.41) is 9.68. The van der Waals surface area contributed by atoms with Gasteiger partial charge in [0, 0.05) is 26.2 Å². The molecule has 2 aliphatic rings. The molecule has 120 valence electrons. The fourth-order valence-corrected chi connectivity index (χ4v) is 3.04. The molecule has 0 spiro atoms. The van der Waals surface area contributed by atoms with Crippen LogP contribution in [0.1, 0.15) is 46.5 Å². The highest BCUT2D eigenvalue weighted by Crippen LogP contribution is 2.33. The molecule has 1 N–H and O–H groups in total. The Kier molecular flexibility index (Phi) is 4.46. The summed E-state index contributed by atoms with van der Waals surface area (Å²) in [5.41, 5.74) is -1.32. The number of amides is 1. The maximum atomic E-state index is 12.1. The fourth-order valence-electron chi connectivity index (χ4n) is 3.04. The summed E-state index contributed by atoms with van der Waals surface area (Å²) in [7, 11) is 0. The summed E-state index contributed by atoms with van der Waals surface area (Å²) < 4.78 is 5.39. The zero-order valence-electron chi connectivity index (χ0n) is 13.2. The fraction of sp³-hybridized carbons (Fsp3) is 0.867. The van der Waals surface area contributed by atoms with Crippen LogP contribution in [0.5, 0.6) is 0 Å². The third kappa shape index (κ3) is 3.48. The number of aliphatic carboxylic acids is 1. The van der Waals surface area contributed by atoms with E-state index in [9.17, 15) is 14.7 Å². The van der Waals surface area contributed by atoms with Crippen molar-refractivity contribution < 1.29 is 19.4 Å². The molecule has 0 bridgehead atoms. The number of hydrogen-bond acceptors (Lipinski definition) is 4. The zero-order chi connectivity index (χ0) is 15.7. The predicted octanol–water partition coefficient (Wildman–Crippen LogP) is 1.94. The molecule has 0 aromatic carbocycles. The second-order valence-corrected chi connectivity index (χ2v) is 7.00. The van der Waals surface area contributed by atoms with E-state index in [1.807, 2.05) is 25.7 Å². The number of carboxylic acids is 1. The molecule has 2 aliphatic heterocycles. The Balaban J connectivity index is 2.03. The van der Waals surface area contributed by atoms with Gasteiger partial charge in [0.1, 0.15) is 11.1 Å². The van der Waals surface area contributed by atoms with Crippen LogP contribution in [0.15, 0.2) is 0 Å². The van der Waals surface area contributed by atoms with E-state index in [0.717, 1.165) is 19.5 Å². The van der Waals surface area contributed by atoms with Crippen molar-refractivity contribution in [1.29, 1.82) is 0 Å². The monoisotopic (exact) mass is 298 g/mol. The lowest BCUT2D eigenvalue weighted by Crippen LogP contribution is -2.60. The lowest BCUT2D eigenvalue weighted by molar-refractivity contribution is -0.156. The first-order valence-corrected chi connectivity index (χ1v) is 7.71. The van der Waals surface area contributed by atoms with E-state index < -0.39 is 17.1 Å². The first-order chi connectivity index (χ1) is 9.74. The van der Waals surface area contributed by atoms with E-state index in [0.29, 0.717) is 32.4 Å². The Hall–Kier alpha value is -1.30. The second kappa shape index (κ2) is 5.83. The summed E-state index contributed by atoms with van der Waals surface area (Å²) >= 11 is 0. The SMILES string of the molecule is CC(C)(C)OC(=O)N1CCCC(C(=O)O)(N2CCC2)CC1. The average molecular weight is 298 g/mol. The Morgan fingerprint density at radius 2 is 1.71 bits per heavy atom. The molecular formula is C15H26N2O4. The van der Waals surface area contributed by atoms with Gasteiger partial charge in [0.25, 0.3) is 0 Å². The lowest BCUT2D eigenvalue weighted by atomic mass is 9.86. The van der Waals surface area contributed by atoms with Crippen molar-refractivity contribution in [3.63, 3.8) is 0 Å². The van der Waals surface area contributed by atoms with Crippen molar-refractivity contribution in [2.75, 3.05) is 26.2 Å². The van der Waals surface area contributed by atoms with Crippen molar-refractivity contribution in [3.05, 3.63) is 0 Å². The quantitative estimate of drug-likeness (QED) is 0.843. The standard InChI is InChI=1S/C15H26N2O4/c1-14(2,3)21-13(20)16-8-4-6-15(7-11-16,12(18)19)17-9-5-10-17/h4-11H2,1-3H3,(H,18,19). The van der Waals surface area contributed by atoms with E-state index in [-0.39, 0.29) is 6.09 Å². The second-order valence-electron chi connectivity index (χ2n) is 7.00. The molecular weight excluding hydrogens is 272 g/mol. The van der Waals surface area contributed by atoms with Crippen LogP contribution >= 0.6 is 0 Å². The largest absolute Gasteiger partial charge is 0.480 e. The first-order valence-electron chi connectivity index (χ1n) is 7.71. The van der Waals surface area contributed by atoms with E-state index in [1.54, 1.807) is 4.90 Å². The maximum absolute atomic E-state index is 12.1. The molecule has 2 saturated heterocycles. The van der Waals surface area contributed by atoms with Crippen LogP contribution in [0, 0.1) is 0 Å². The maximum Gasteiger partial charge on any atom is 0.410 e. The molecule has 2 heterocycles. The van der Waals surface area contributed by atoms with Gasteiger partial charge in [-0.15, -0.1) is 0 Å². The zero-order valence-corrected chi connectivity index (χ0v) is 13.2. The van der Waals surface area contributed by atoms with Gasteiger partial charge in [-0.25, -0.2) is 4.79 Å². The molecule has 2 rings (SSSR count). The van der Waals surface area contributed by atoms with Gasteiger partial charge in [-0.05, 0) is 46.5 Å². The van der Waals surface area contributed by atoms with Gasteiger partial charge in [-0.2, -0.15) is 0 Å². The van der Waals surface area contributed by atoms with E-state index >= 15 is 0 Å². The highest BCUT2D eigenvalue weighted by atomic mass is 16.6. The van der Waals surface area contributed by atoms with Crippen LogP contribution in [-0.4, -0.2) is 64.3 Å². The number of ether oxygens (including phenoxy) is 1. The molecule has 1 amide bonds. The van der Waals surface area contributed by atoms with Gasteiger partial charge in [0.2, 0.25) is 0 Å². The van der Waals surface area contributed by atoms with E-state index in [1.165, 1.54) is 0 Å². The van der Waals surface area contributed by atoms with Gasteiger partial charge >= 0.3 is 12.1 Å². The third-order valence-electron chi connectivity index (χ3n) is 4.32. The molecule has 1 atom stereocenters. The minimum absolute atomic E-state index is 0.340. The molecule has 6 nitrogen and oxygen atoms in total. The molecule has 21 heavy (non-hydrogen) atoms. The Labute approximate surface area is 126 Å². The van der Waals surface area contributed by atoms with Crippen LogP contribution in [0.4, 0.5) is 4.79 Å². The summed E-state index contributed by atoms with van der Waals surface area (Å²) in [6.45, 7) is 8.21. The van der Waals surface area contributed by atoms with Crippen molar-refractivity contribution in [3.8, 4) is 0 Å². The average Bonchev–Trinajstić information content (AvgIpc) is 2.48. The van der Waals surface area contributed by atoms with E-state index in [4.69, 9.17) is 4.74 Å². The van der Waals surface area contributed by atoms with Crippen molar-refractivity contribution in [2.24, 2.45) is 0 Å². The molecule has 0 aromatic rings. The van der Waals surface area contributed by atoms with Crippen molar-refractivity contribution in [1.82, 2.24) is 9.80 Å². The number of hydrogen-bond donors (Lipinski definition) is 1. The highest BCUT2D eigenvalue weighted by Gasteiger charge is 2.47. The van der Waals surface area contributed by atoms with Crippen LogP contribution < -0.4 is 0 Å². The number of nitrogens with zero attached hydrogens (tertiary/aromatic N) is 2. The molecule has 0 saturated carbocycles. The molecule has 6 heteroatoms. The van der Waals surface area contributed by atoms with Gasteiger partial charge in [0.05, 0.1) is 0 Å². The number of rotatable bonds is 2. The van der Waals surface area contributed by atoms with Crippen LogP contribution in [0.25, 0.3) is 0 Å². The summed E-state index contributed by atoms with van der Waals surface area (Å²) in [6.07, 6.45) is 2.49. The highest BCUT2D eigenvalue weighted by molar-refractivity contribution is 5.79. The number of likely N-dealkylation sites (tertiary alicyclic amines) is 2. The number of carboxylic acid groups (broad SMARTS) is 1. The van der Waals surface area contributed by atoms with Gasteiger partial charge in [-0.1, -0.05) is 0 Å². The van der Waals surface area contributed by atoms with E-state index in [2.05, 4.69) is 0 Å². The van der Waals surface area contributed by atoms with Crippen molar-refractivity contribution in [2.45, 2.75) is 57.6 Å². The Bertz CT molecular complexity index is 414. The summed E-state index contributed by atoms with van der Waals surface area (Å²) in [4.78, 5) is 27.6. The molecule has 1 unspecified atom stereocenters. The van der Waals surface area contributed by atoms with Crippen LogP contribution in [0.3, 0.4) is 0 Å². The number of carbonyl (C=O) groups excluding carboxylic acids is 1. The molecule has 2 fully saturated rings. The van der Waals surface area contributed by atoms with Crippen molar-refractivity contribution >= 4 is 12.1 Å². The topological polar surface area (TPSA) is 70.1 Å². The Morgan fingerprint density at radius 1 is 1.05 bits per heavy atom. The first kappa shape index (κ1) is 16.1. The summed E-state index contributed by atoms with van der Waals surface area (Å²) in [5.74, 6) is -0.756. The Morgan fingerprint density at radius 3 is 2.19 bits per heavy atom. The van der Waals surface area contributed by atoms with Gasteiger partial charge in [-0.3, -0.25) is 9.69 Å². The summed E-state index contributed by atoms with van der Waals surface area (Å²) in [6, 6.07) is 0. The minimum atomic E-state index is -0.797. The smallest absolute Gasteiger partial charge is 0.410 e. The molecule has 0 aromatic heterocycles. The van der Waals surface area contributed by atoms with Crippen LogP contribution in [-0.2, 0) is 9.53 Å². The molecule has 0 radical (unpaired) electrons. The minimum Gasteiger partial charge on any atom is -0.480 e. The normalized spacial score (nSPS) is 27.7. The number of carbonyl (C=O) groups is 2. The molecule has 0 aliphatic carbocycles.